The van der Waals surface area contributed by atoms with Gasteiger partial charge in [0.25, 0.3) is 0 Å². The van der Waals surface area contributed by atoms with Crippen LogP contribution in [0.2, 0.25) is 0 Å². The van der Waals surface area contributed by atoms with Crippen LogP contribution >= 0.6 is 0 Å². The molecule has 0 N–H and O–H groups in total. The highest BCUT2D eigenvalue weighted by atomic mass is 16.2. The van der Waals surface area contributed by atoms with Crippen molar-refractivity contribution in [3.8, 4) is 0 Å². The van der Waals surface area contributed by atoms with Gasteiger partial charge >= 0.3 is 0 Å². The number of pyridine rings is 1. The molecule has 4 heteroatoms. The highest BCUT2D eigenvalue weighted by Crippen LogP contribution is 2.22. The van der Waals surface area contributed by atoms with Crippen LogP contribution in [-0.2, 0) is 4.79 Å². The summed E-state index contributed by atoms with van der Waals surface area (Å²) >= 11 is 0. The predicted octanol–water partition coefficient (Wildman–Crippen LogP) is 2.95. The molecule has 1 fully saturated rings. The Kier molecular flexibility index (Phi) is 5.59. The Balaban J connectivity index is 1.90. The van der Waals surface area contributed by atoms with Crippen molar-refractivity contribution in [2.45, 2.75) is 45.6 Å². The van der Waals surface area contributed by atoms with Crippen LogP contribution in [0.3, 0.4) is 0 Å². The fourth-order valence-electron chi connectivity index (χ4n) is 3.13. The van der Waals surface area contributed by atoms with Crippen LogP contribution in [0.1, 0.15) is 39.5 Å². The van der Waals surface area contributed by atoms with E-state index in [4.69, 9.17) is 0 Å². The van der Waals surface area contributed by atoms with Gasteiger partial charge in [0.2, 0.25) is 5.91 Å². The number of aromatic nitrogens is 1. The van der Waals surface area contributed by atoms with E-state index in [1.54, 1.807) is 0 Å². The van der Waals surface area contributed by atoms with Gasteiger partial charge in [0.15, 0.2) is 0 Å². The first kappa shape index (κ1) is 15.8. The summed E-state index contributed by atoms with van der Waals surface area (Å²) in [5, 5.41) is 0. The fourth-order valence-corrected chi connectivity index (χ4v) is 3.13. The van der Waals surface area contributed by atoms with Crippen LogP contribution in [0.15, 0.2) is 24.4 Å². The Morgan fingerprint density at radius 2 is 2.00 bits per heavy atom. The van der Waals surface area contributed by atoms with Crippen molar-refractivity contribution in [3.05, 3.63) is 24.4 Å². The maximum absolute atomic E-state index is 12.5. The minimum absolute atomic E-state index is 0.184. The van der Waals surface area contributed by atoms with Gasteiger partial charge < -0.3 is 9.80 Å². The Morgan fingerprint density at radius 1 is 1.33 bits per heavy atom. The van der Waals surface area contributed by atoms with Crippen LogP contribution in [0.25, 0.3) is 0 Å². The average Bonchev–Trinajstić information content (AvgIpc) is 2.56. The third-order valence-corrected chi connectivity index (χ3v) is 4.67. The van der Waals surface area contributed by atoms with Gasteiger partial charge in [0, 0.05) is 38.3 Å². The quantitative estimate of drug-likeness (QED) is 0.836. The number of carbonyl (C=O) groups excluding carboxylic acids is 1. The highest BCUT2D eigenvalue weighted by molar-refractivity contribution is 5.78. The minimum atomic E-state index is 0.184. The van der Waals surface area contributed by atoms with Gasteiger partial charge in [-0.1, -0.05) is 19.9 Å². The molecule has 0 saturated carbocycles. The molecule has 0 aliphatic carbocycles. The summed E-state index contributed by atoms with van der Waals surface area (Å²) < 4.78 is 0. The molecule has 0 unspecified atom stereocenters. The first-order valence-electron chi connectivity index (χ1n) is 8.10. The van der Waals surface area contributed by atoms with Crippen LogP contribution < -0.4 is 4.90 Å². The zero-order chi connectivity index (χ0) is 15.2. The summed E-state index contributed by atoms with van der Waals surface area (Å²) in [5.74, 6) is 1.55. The molecule has 1 aliphatic heterocycles. The molecule has 1 saturated heterocycles. The van der Waals surface area contributed by atoms with E-state index in [0.29, 0.717) is 11.9 Å². The lowest BCUT2D eigenvalue weighted by molar-refractivity contribution is -0.136. The molecule has 0 atom stereocenters. The standard InChI is InChI=1S/C17H27N3O/c1-4-14(5-2)17(21)19(3)15-9-12-20(13-10-15)16-8-6-7-11-18-16/h6-8,11,14-15H,4-5,9-10,12-13H2,1-3H3. The molecule has 1 aromatic heterocycles. The third kappa shape index (κ3) is 3.74. The van der Waals surface area contributed by atoms with Crippen molar-refractivity contribution >= 4 is 11.7 Å². The van der Waals surface area contributed by atoms with Gasteiger partial charge in [-0.25, -0.2) is 4.98 Å². The zero-order valence-corrected chi connectivity index (χ0v) is 13.5. The number of nitrogens with zero attached hydrogens (tertiary/aromatic N) is 3. The highest BCUT2D eigenvalue weighted by Gasteiger charge is 2.28. The molecule has 1 aromatic rings. The second kappa shape index (κ2) is 7.43. The molecular weight excluding hydrogens is 262 g/mol. The summed E-state index contributed by atoms with van der Waals surface area (Å²) in [6.45, 7) is 6.15. The molecule has 1 aliphatic rings. The van der Waals surface area contributed by atoms with Crippen molar-refractivity contribution in [2.24, 2.45) is 5.92 Å². The second-order valence-electron chi connectivity index (χ2n) is 5.87. The fraction of sp³-hybridized carbons (Fsp3) is 0.647. The SMILES string of the molecule is CCC(CC)C(=O)N(C)C1CCN(c2ccccn2)CC1. The van der Waals surface area contributed by atoms with Crippen LogP contribution in [0, 0.1) is 5.92 Å². The number of carbonyl (C=O) groups is 1. The van der Waals surface area contributed by atoms with E-state index in [1.807, 2.05) is 30.3 Å². The maximum atomic E-state index is 12.5. The largest absolute Gasteiger partial charge is 0.356 e. The Hall–Kier alpha value is -1.58. The monoisotopic (exact) mass is 289 g/mol. The number of piperidine rings is 1. The smallest absolute Gasteiger partial charge is 0.225 e. The summed E-state index contributed by atoms with van der Waals surface area (Å²) in [7, 11) is 1.97. The molecule has 0 spiro atoms. The molecule has 21 heavy (non-hydrogen) atoms. The molecule has 116 valence electrons. The number of rotatable bonds is 5. The topological polar surface area (TPSA) is 36.4 Å². The van der Waals surface area contributed by atoms with Gasteiger partial charge in [0.05, 0.1) is 0 Å². The van der Waals surface area contributed by atoms with Gasteiger partial charge in [0.1, 0.15) is 5.82 Å². The lowest BCUT2D eigenvalue weighted by Crippen LogP contribution is -2.47. The number of anilines is 1. The first-order valence-corrected chi connectivity index (χ1v) is 8.10. The predicted molar refractivity (Wildman–Crippen MR) is 86.3 cm³/mol. The third-order valence-electron chi connectivity index (χ3n) is 4.67. The van der Waals surface area contributed by atoms with Gasteiger partial charge in [-0.2, -0.15) is 0 Å². The van der Waals surface area contributed by atoms with Crippen LogP contribution in [0.5, 0.6) is 0 Å². The molecule has 0 bridgehead atoms. The van der Waals surface area contributed by atoms with E-state index in [2.05, 4.69) is 29.8 Å². The second-order valence-corrected chi connectivity index (χ2v) is 5.87. The van der Waals surface area contributed by atoms with Gasteiger partial charge in [-0.15, -0.1) is 0 Å². The Labute approximate surface area is 128 Å². The molecule has 2 rings (SSSR count). The lowest BCUT2D eigenvalue weighted by atomic mass is 9.98. The van der Waals surface area contributed by atoms with Crippen molar-refractivity contribution in [1.29, 1.82) is 0 Å². The summed E-state index contributed by atoms with van der Waals surface area (Å²) in [6.07, 6.45) is 5.76. The van der Waals surface area contributed by atoms with E-state index >= 15 is 0 Å². The van der Waals surface area contributed by atoms with E-state index < -0.39 is 0 Å². The van der Waals surface area contributed by atoms with Crippen LogP contribution in [0.4, 0.5) is 5.82 Å². The summed E-state index contributed by atoms with van der Waals surface area (Å²) in [5.41, 5.74) is 0. The number of amides is 1. The Morgan fingerprint density at radius 3 is 2.52 bits per heavy atom. The maximum Gasteiger partial charge on any atom is 0.225 e. The summed E-state index contributed by atoms with van der Waals surface area (Å²) in [4.78, 5) is 21.2. The molecule has 1 amide bonds. The first-order chi connectivity index (χ1) is 10.2. The van der Waals surface area contributed by atoms with Gasteiger partial charge in [-0.05, 0) is 37.8 Å². The van der Waals surface area contributed by atoms with E-state index in [-0.39, 0.29) is 5.92 Å². The van der Waals surface area contributed by atoms with E-state index in [1.165, 1.54) is 0 Å². The average molecular weight is 289 g/mol. The van der Waals surface area contributed by atoms with E-state index in [9.17, 15) is 4.79 Å². The number of hydrogen-bond donors (Lipinski definition) is 0. The van der Waals surface area contributed by atoms with Crippen LogP contribution in [-0.4, -0.2) is 42.0 Å². The molecular formula is C17H27N3O. The molecule has 4 nitrogen and oxygen atoms in total. The van der Waals surface area contributed by atoms with Crippen molar-refractivity contribution in [2.75, 3.05) is 25.0 Å². The molecule has 2 heterocycles. The summed E-state index contributed by atoms with van der Waals surface area (Å²) in [6, 6.07) is 6.40. The van der Waals surface area contributed by atoms with Gasteiger partial charge in [-0.3, -0.25) is 4.79 Å². The van der Waals surface area contributed by atoms with Crippen molar-refractivity contribution < 1.29 is 4.79 Å². The number of hydrogen-bond acceptors (Lipinski definition) is 3. The van der Waals surface area contributed by atoms with E-state index in [0.717, 1.165) is 44.6 Å². The lowest BCUT2D eigenvalue weighted by Gasteiger charge is -2.38. The molecule has 0 radical (unpaired) electrons. The van der Waals surface area contributed by atoms with Crippen molar-refractivity contribution in [1.82, 2.24) is 9.88 Å². The zero-order valence-electron chi connectivity index (χ0n) is 13.5. The van der Waals surface area contributed by atoms with Crippen molar-refractivity contribution in [3.63, 3.8) is 0 Å². The Bertz CT molecular complexity index is 437. The normalized spacial score (nSPS) is 16.3. The minimum Gasteiger partial charge on any atom is -0.356 e. The molecule has 0 aromatic carbocycles.